The molecule has 0 N–H and O–H groups in total. The third kappa shape index (κ3) is 13.2. The monoisotopic (exact) mass is 884 g/mol. The van der Waals surface area contributed by atoms with Crippen molar-refractivity contribution in [3.8, 4) is 0 Å². The summed E-state index contributed by atoms with van der Waals surface area (Å²) in [7, 11) is -5.51. The van der Waals surface area contributed by atoms with Gasteiger partial charge in [-0.3, -0.25) is 12.9 Å². The molecule has 0 radical (unpaired) electrons. The second kappa shape index (κ2) is 26.0. The van der Waals surface area contributed by atoms with Crippen LogP contribution in [0.4, 0.5) is 12.9 Å². The van der Waals surface area contributed by atoms with E-state index in [1.54, 1.807) is 32.9 Å². The van der Waals surface area contributed by atoms with Crippen LogP contribution >= 0.6 is 15.8 Å². The Balaban J connectivity index is 0.000000589. The molecule has 8 rings (SSSR count). The molecule has 2 fully saturated rings. The Labute approximate surface area is 350 Å². The smallest absolute Gasteiger partial charge is 1.00 e. The summed E-state index contributed by atoms with van der Waals surface area (Å²) in [5, 5.41) is 3.45. The number of rotatable bonds is 6. The van der Waals surface area contributed by atoms with E-state index in [-0.39, 0.29) is 39.0 Å². The van der Waals surface area contributed by atoms with E-state index >= 15 is 0 Å². The van der Waals surface area contributed by atoms with Crippen LogP contribution in [0.1, 0.15) is 96.3 Å². The molecule has 5 aromatic carbocycles. The summed E-state index contributed by atoms with van der Waals surface area (Å²) in [6.07, 6.45) is 19.2. The van der Waals surface area contributed by atoms with E-state index in [4.69, 9.17) is 0 Å². The van der Waals surface area contributed by atoms with Gasteiger partial charge < -0.3 is 19.6 Å². The first kappa shape index (κ1) is 49.0. The van der Waals surface area contributed by atoms with Crippen molar-refractivity contribution in [1.82, 2.24) is 0 Å². The van der Waals surface area contributed by atoms with Crippen molar-refractivity contribution in [3.63, 3.8) is 0 Å². The zero-order chi connectivity index (χ0) is 36.0. The molecule has 2 aliphatic heterocycles. The fourth-order valence-electron chi connectivity index (χ4n) is 8.49. The Kier molecular flexibility index (Phi) is 22.7. The van der Waals surface area contributed by atoms with Crippen molar-refractivity contribution in [2.75, 3.05) is 0 Å². The van der Waals surface area contributed by atoms with Crippen LogP contribution in [0.2, 0.25) is 0 Å². The normalized spacial score (nSPS) is 20.6. The summed E-state index contributed by atoms with van der Waals surface area (Å²) < 4.78 is 29.0. The van der Waals surface area contributed by atoms with Crippen LogP contribution in [0, 0.1) is 14.9 Å². The second-order valence-corrected chi connectivity index (χ2v) is 19.5. The van der Waals surface area contributed by atoms with Crippen LogP contribution in [0.5, 0.6) is 0 Å². The van der Waals surface area contributed by atoms with Crippen molar-refractivity contribution in [2.45, 2.75) is 74.0 Å². The van der Waals surface area contributed by atoms with Gasteiger partial charge in [0.25, 0.3) is 0 Å². The summed E-state index contributed by atoms with van der Waals surface area (Å²) in [6.45, 7) is 0. The van der Waals surface area contributed by atoms with E-state index in [1.165, 1.54) is 51.4 Å². The quantitative estimate of drug-likeness (QED) is 0.0524. The Morgan fingerprint density at radius 1 is 0.375 bits per heavy atom. The minimum absolute atomic E-state index is 0. The number of allylic oxidation sites excluding steroid dienone is 4. The maximum Gasteiger partial charge on any atom is 3.00 e. The molecule has 0 amide bonds. The average Bonchev–Trinajstić information content (AvgIpc) is 3.82. The molecule has 2 saturated heterocycles. The summed E-state index contributed by atoms with van der Waals surface area (Å²) in [5.41, 5.74) is 8.78. The topological polar surface area (TPSA) is 0 Å². The van der Waals surface area contributed by atoms with Gasteiger partial charge in [-0.1, -0.05) is 158 Å². The second-order valence-electron chi connectivity index (χ2n) is 13.8. The number of benzene rings is 5. The van der Waals surface area contributed by atoms with Crippen LogP contribution in [-0.4, -0.2) is 7.54 Å². The molecule has 0 unspecified atom stereocenters. The van der Waals surface area contributed by atoms with E-state index < -0.39 is 23.4 Å². The third-order valence-corrected chi connectivity index (χ3v) is 18.5. The Bertz CT molecular complexity index is 1590. The molecule has 2 heterocycles. The first-order chi connectivity index (χ1) is 25.6. The Morgan fingerprint density at radius 3 is 0.786 bits per heavy atom. The molecule has 56 heavy (non-hydrogen) atoms. The molecular formula is C48H56BF4P2Rh+2. The van der Waals surface area contributed by atoms with Gasteiger partial charge in [0, 0.05) is 0 Å². The fourth-order valence-corrected chi connectivity index (χ4v) is 17.3. The molecule has 1 aliphatic carbocycles. The zero-order valence-corrected chi connectivity index (χ0v) is 36.2. The molecule has 4 atom stereocenters. The maximum atomic E-state index is 9.67. The minimum Gasteiger partial charge on any atom is -1.00 e. The molecule has 296 valence electrons. The molecular weight excluding hydrogens is 828 g/mol. The average molecular weight is 885 g/mol. The minimum atomic E-state index is -3.67. The first-order valence-electron chi connectivity index (χ1n) is 18.9. The number of halogens is 4. The predicted octanol–water partition coefficient (Wildman–Crippen LogP) is 11.4. The van der Waals surface area contributed by atoms with Crippen LogP contribution in [0.15, 0.2) is 170 Å². The van der Waals surface area contributed by atoms with Gasteiger partial charge in [-0.2, -0.15) is 0 Å². The standard InChI is InChI=1S/C38H36P2.C8H12.2CH3.BF3.FH.Rh/c1-5-15-29(16-6-1)33-25-26-34(30-17-7-2-8-18-30)39(33)37-23-13-14-24-38(37)40-35(31-19-9-3-10-20-31)27-28-36(40)32-21-11-4-12-22-32;1-2-4-6-8-7-5-3-1;;;2-1(3)4;;/h1-24,33-36H,25-28H2;1-2,7-8H,3-6H2;2*1H3;;1H;/q;;2*-1;;;+3/p+1/b;2-1-,8-7?;;;;;/t33-,34-,35-,36-;;;;;;/m1....../s1. The Hall–Kier alpha value is -3.15. The van der Waals surface area contributed by atoms with Gasteiger partial charge in [-0.15, -0.1) is 0 Å². The molecule has 3 aliphatic rings. The summed E-state index contributed by atoms with van der Waals surface area (Å²) in [6, 6.07) is 55.6. The molecule has 0 saturated carbocycles. The van der Waals surface area contributed by atoms with Gasteiger partial charge in [-0.05, 0) is 85.8 Å². The van der Waals surface area contributed by atoms with Gasteiger partial charge in [0.15, 0.2) is 0 Å². The van der Waals surface area contributed by atoms with Crippen LogP contribution in [0.25, 0.3) is 0 Å². The SMILES string of the molecule is C1=CCC/C=C\CC1.FB(F)F.[CH3-].[CH3-].[F-].[Rh+3].c1ccc([C@H]2CC[C@H](c3ccccc3)[PH+]2c2ccccc2[PH+]2[C@@H](c3ccccc3)CC[C@@H]2c2ccccc2)cc1. The van der Waals surface area contributed by atoms with E-state index in [2.05, 4.69) is 170 Å². The maximum absolute atomic E-state index is 9.67. The van der Waals surface area contributed by atoms with Crippen molar-refractivity contribution in [2.24, 2.45) is 0 Å². The van der Waals surface area contributed by atoms with E-state index in [0.29, 0.717) is 22.6 Å². The summed E-state index contributed by atoms with van der Waals surface area (Å²) in [5.74, 6) is 0. The van der Waals surface area contributed by atoms with E-state index in [9.17, 15) is 12.9 Å². The first-order valence-corrected chi connectivity index (χ1v) is 22.2. The van der Waals surface area contributed by atoms with Gasteiger partial charge in [-0.25, -0.2) is 0 Å². The van der Waals surface area contributed by atoms with Gasteiger partial charge in [0.05, 0.1) is 38.5 Å². The van der Waals surface area contributed by atoms with Crippen LogP contribution < -0.4 is 15.3 Å². The molecule has 0 nitrogen and oxygen atoms in total. The van der Waals surface area contributed by atoms with E-state index in [0.717, 1.165) is 0 Å². The molecule has 0 bridgehead atoms. The molecule has 0 spiro atoms. The molecule has 8 heteroatoms. The fraction of sp³-hybridized carbons (Fsp3) is 0.250. The van der Waals surface area contributed by atoms with Gasteiger partial charge >= 0.3 is 27.0 Å². The number of hydrogen-bond donors (Lipinski definition) is 0. The van der Waals surface area contributed by atoms with Crippen LogP contribution in [0.3, 0.4) is 0 Å². The predicted molar refractivity (Wildman–Crippen MR) is 236 cm³/mol. The Morgan fingerprint density at radius 2 is 0.571 bits per heavy atom. The molecule has 5 aromatic rings. The van der Waals surface area contributed by atoms with Crippen molar-refractivity contribution in [1.29, 1.82) is 0 Å². The number of hydrogen-bond acceptors (Lipinski definition) is 0. The zero-order valence-electron chi connectivity index (χ0n) is 32.6. The van der Waals surface area contributed by atoms with Crippen LogP contribution in [-0.2, 0) is 19.5 Å². The summed E-state index contributed by atoms with van der Waals surface area (Å²) in [4.78, 5) is 0. The van der Waals surface area contributed by atoms with Crippen molar-refractivity contribution < 1.29 is 37.1 Å². The summed E-state index contributed by atoms with van der Waals surface area (Å²) >= 11 is 0. The third-order valence-electron chi connectivity index (χ3n) is 10.7. The van der Waals surface area contributed by atoms with Gasteiger partial charge in [0.2, 0.25) is 0 Å². The largest absolute Gasteiger partial charge is 3.00 e. The molecule has 0 aromatic heterocycles. The van der Waals surface area contributed by atoms with E-state index in [1.807, 2.05) is 0 Å². The van der Waals surface area contributed by atoms with Crippen molar-refractivity contribution in [3.05, 3.63) is 207 Å². The van der Waals surface area contributed by atoms with Gasteiger partial charge in [0.1, 0.15) is 10.6 Å². The van der Waals surface area contributed by atoms with Crippen molar-refractivity contribution >= 4 is 34.0 Å².